The SMILES string of the molecule is CNCc1ccc(Oc2ncc3ccccc3n2)cc1. The van der Waals surface area contributed by atoms with E-state index in [1.807, 2.05) is 55.6 Å². The van der Waals surface area contributed by atoms with E-state index in [0.717, 1.165) is 23.2 Å². The highest BCUT2D eigenvalue weighted by Crippen LogP contribution is 2.20. The van der Waals surface area contributed by atoms with Gasteiger partial charge in [-0.15, -0.1) is 0 Å². The van der Waals surface area contributed by atoms with Crippen molar-refractivity contribution >= 4 is 10.9 Å². The third kappa shape index (κ3) is 2.75. The van der Waals surface area contributed by atoms with Gasteiger partial charge in [0.15, 0.2) is 0 Å². The zero-order chi connectivity index (χ0) is 13.8. The lowest BCUT2D eigenvalue weighted by molar-refractivity contribution is 0.444. The quantitative estimate of drug-likeness (QED) is 0.787. The summed E-state index contributed by atoms with van der Waals surface area (Å²) in [7, 11) is 1.92. The van der Waals surface area contributed by atoms with Gasteiger partial charge in [-0.25, -0.2) is 4.98 Å². The van der Waals surface area contributed by atoms with Crippen LogP contribution in [0.2, 0.25) is 0 Å². The van der Waals surface area contributed by atoms with E-state index in [9.17, 15) is 0 Å². The third-order valence-corrected chi connectivity index (χ3v) is 2.98. The molecule has 0 saturated heterocycles. The van der Waals surface area contributed by atoms with E-state index in [4.69, 9.17) is 4.74 Å². The largest absolute Gasteiger partial charge is 0.424 e. The summed E-state index contributed by atoms with van der Waals surface area (Å²) in [5, 5.41) is 4.11. The van der Waals surface area contributed by atoms with Crippen molar-refractivity contribution in [3.05, 3.63) is 60.3 Å². The summed E-state index contributed by atoms with van der Waals surface area (Å²) in [6.45, 7) is 0.840. The average molecular weight is 265 g/mol. The van der Waals surface area contributed by atoms with Gasteiger partial charge >= 0.3 is 6.01 Å². The minimum Gasteiger partial charge on any atom is -0.424 e. The first-order valence-electron chi connectivity index (χ1n) is 6.48. The van der Waals surface area contributed by atoms with Gasteiger partial charge in [0.2, 0.25) is 0 Å². The van der Waals surface area contributed by atoms with Gasteiger partial charge in [0.1, 0.15) is 5.75 Å². The van der Waals surface area contributed by atoms with Crippen LogP contribution in [0.4, 0.5) is 0 Å². The van der Waals surface area contributed by atoms with Crippen molar-refractivity contribution in [3.63, 3.8) is 0 Å². The van der Waals surface area contributed by atoms with Gasteiger partial charge < -0.3 is 10.1 Å². The Hall–Kier alpha value is -2.46. The second kappa shape index (κ2) is 5.67. The van der Waals surface area contributed by atoms with Crippen LogP contribution >= 0.6 is 0 Å². The zero-order valence-corrected chi connectivity index (χ0v) is 11.2. The van der Waals surface area contributed by atoms with Crippen LogP contribution in [-0.2, 0) is 6.54 Å². The molecule has 0 aliphatic heterocycles. The second-order valence-corrected chi connectivity index (χ2v) is 4.49. The second-order valence-electron chi connectivity index (χ2n) is 4.49. The molecule has 4 heteroatoms. The summed E-state index contributed by atoms with van der Waals surface area (Å²) >= 11 is 0. The molecule has 2 aromatic carbocycles. The number of hydrogen-bond acceptors (Lipinski definition) is 4. The van der Waals surface area contributed by atoms with E-state index in [0.29, 0.717) is 6.01 Å². The molecule has 0 spiro atoms. The zero-order valence-electron chi connectivity index (χ0n) is 11.2. The van der Waals surface area contributed by atoms with Gasteiger partial charge in [0.05, 0.1) is 5.52 Å². The molecular weight excluding hydrogens is 250 g/mol. The summed E-state index contributed by atoms with van der Waals surface area (Å²) in [5.41, 5.74) is 2.09. The third-order valence-electron chi connectivity index (χ3n) is 2.98. The van der Waals surface area contributed by atoms with E-state index >= 15 is 0 Å². The molecule has 1 aromatic heterocycles. The lowest BCUT2D eigenvalue weighted by Gasteiger charge is -2.06. The number of fused-ring (bicyclic) bond motifs is 1. The van der Waals surface area contributed by atoms with Crippen molar-refractivity contribution in [2.24, 2.45) is 0 Å². The van der Waals surface area contributed by atoms with E-state index < -0.39 is 0 Å². The molecule has 0 saturated carbocycles. The maximum absolute atomic E-state index is 5.68. The Balaban J connectivity index is 1.81. The van der Waals surface area contributed by atoms with Crippen molar-refractivity contribution < 1.29 is 4.74 Å². The normalized spacial score (nSPS) is 10.7. The van der Waals surface area contributed by atoms with E-state index in [1.54, 1.807) is 6.20 Å². The van der Waals surface area contributed by atoms with Gasteiger partial charge in [0.25, 0.3) is 0 Å². The van der Waals surface area contributed by atoms with Gasteiger partial charge in [-0.3, -0.25) is 0 Å². The molecule has 3 rings (SSSR count). The molecule has 3 aromatic rings. The first-order chi connectivity index (χ1) is 9.85. The number of hydrogen-bond donors (Lipinski definition) is 1. The molecule has 0 radical (unpaired) electrons. The van der Waals surface area contributed by atoms with Crippen molar-refractivity contribution in [1.82, 2.24) is 15.3 Å². The number of para-hydroxylation sites is 1. The van der Waals surface area contributed by atoms with Gasteiger partial charge in [-0.05, 0) is 30.8 Å². The minimum absolute atomic E-state index is 0.366. The Morgan fingerprint density at radius 2 is 1.85 bits per heavy atom. The first-order valence-corrected chi connectivity index (χ1v) is 6.48. The number of nitrogens with zero attached hydrogens (tertiary/aromatic N) is 2. The van der Waals surface area contributed by atoms with Crippen molar-refractivity contribution in [2.75, 3.05) is 7.05 Å². The summed E-state index contributed by atoms with van der Waals surface area (Å²) in [4.78, 5) is 8.60. The summed E-state index contributed by atoms with van der Waals surface area (Å²) in [6.07, 6.45) is 1.77. The highest BCUT2D eigenvalue weighted by Gasteiger charge is 2.02. The molecule has 0 atom stereocenters. The lowest BCUT2D eigenvalue weighted by atomic mass is 10.2. The minimum atomic E-state index is 0.366. The Kier molecular flexibility index (Phi) is 3.56. The number of nitrogens with one attached hydrogen (secondary N) is 1. The van der Waals surface area contributed by atoms with Crippen LogP contribution in [0.5, 0.6) is 11.8 Å². The molecule has 0 amide bonds. The number of rotatable bonds is 4. The number of ether oxygens (including phenoxy) is 1. The van der Waals surface area contributed by atoms with Crippen molar-refractivity contribution in [2.45, 2.75) is 6.54 Å². The molecule has 0 unspecified atom stereocenters. The van der Waals surface area contributed by atoms with Crippen molar-refractivity contribution in [1.29, 1.82) is 0 Å². The highest BCUT2D eigenvalue weighted by atomic mass is 16.5. The molecule has 1 N–H and O–H groups in total. The van der Waals surface area contributed by atoms with Crippen LogP contribution in [0, 0.1) is 0 Å². The Morgan fingerprint density at radius 1 is 1.05 bits per heavy atom. The first kappa shape index (κ1) is 12.6. The van der Waals surface area contributed by atoms with E-state index in [-0.39, 0.29) is 0 Å². The summed E-state index contributed by atoms with van der Waals surface area (Å²) < 4.78 is 5.68. The maximum atomic E-state index is 5.68. The Labute approximate surface area is 117 Å². The van der Waals surface area contributed by atoms with Crippen LogP contribution in [0.3, 0.4) is 0 Å². The topological polar surface area (TPSA) is 47.0 Å². The summed E-state index contributed by atoms with van der Waals surface area (Å²) in [5.74, 6) is 0.736. The molecular formula is C16H15N3O. The van der Waals surface area contributed by atoms with Crippen molar-refractivity contribution in [3.8, 4) is 11.8 Å². The van der Waals surface area contributed by atoms with Gasteiger partial charge in [-0.1, -0.05) is 30.3 Å². The smallest absolute Gasteiger partial charge is 0.322 e. The standard InChI is InChI=1S/C16H15N3O/c1-17-10-12-6-8-14(9-7-12)20-16-18-11-13-4-2-3-5-15(13)19-16/h2-9,11,17H,10H2,1H3. The Bertz CT molecular complexity index is 710. The van der Waals surface area contributed by atoms with Crippen LogP contribution < -0.4 is 10.1 Å². The van der Waals surface area contributed by atoms with Crippen LogP contribution in [-0.4, -0.2) is 17.0 Å². The molecule has 20 heavy (non-hydrogen) atoms. The number of benzene rings is 2. The fraction of sp³-hybridized carbons (Fsp3) is 0.125. The fourth-order valence-corrected chi connectivity index (χ4v) is 1.99. The van der Waals surface area contributed by atoms with Crippen LogP contribution in [0.25, 0.3) is 10.9 Å². The molecule has 0 bridgehead atoms. The molecule has 4 nitrogen and oxygen atoms in total. The van der Waals surface area contributed by atoms with Gasteiger partial charge in [0, 0.05) is 18.1 Å². The summed E-state index contributed by atoms with van der Waals surface area (Å²) in [6, 6.07) is 16.1. The van der Waals surface area contributed by atoms with E-state index in [1.165, 1.54) is 5.56 Å². The predicted molar refractivity (Wildman–Crippen MR) is 78.8 cm³/mol. The average Bonchev–Trinajstić information content (AvgIpc) is 2.49. The lowest BCUT2D eigenvalue weighted by Crippen LogP contribution is -2.04. The Morgan fingerprint density at radius 3 is 2.65 bits per heavy atom. The molecule has 0 aliphatic carbocycles. The van der Waals surface area contributed by atoms with Gasteiger partial charge in [-0.2, -0.15) is 4.98 Å². The molecule has 0 fully saturated rings. The fourth-order valence-electron chi connectivity index (χ4n) is 1.99. The highest BCUT2D eigenvalue weighted by molar-refractivity contribution is 5.77. The molecule has 0 aliphatic rings. The maximum Gasteiger partial charge on any atom is 0.322 e. The molecule has 100 valence electrons. The monoisotopic (exact) mass is 265 g/mol. The number of aromatic nitrogens is 2. The van der Waals surface area contributed by atoms with E-state index in [2.05, 4.69) is 15.3 Å². The predicted octanol–water partition coefficient (Wildman–Crippen LogP) is 3.14. The molecule has 1 heterocycles. The van der Waals surface area contributed by atoms with Crippen LogP contribution in [0.15, 0.2) is 54.7 Å². The van der Waals surface area contributed by atoms with Crippen LogP contribution in [0.1, 0.15) is 5.56 Å².